The molecule has 1 N–H and O–H groups in total. The molecule has 4 aliphatic carbocycles. The summed E-state index contributed by atoms with van der Waals surface area (Å²) in [5.41, 5.74) is 1.55. The first kappa shape index (κ1) is 16.9. The summed E-state index contributed by atoms with van der Waals surface area (Å²) in [7, 11) is 0. The van der Waals surface area contributed by atoms with E-state index in [4.69, 9.17) is 4.74 Å². The Hall–Kier alpha value is -1.51. The molecule has 0 heterocycles. The third-order valence-corrected chi connectivity index (χ3v) is 6.97. The largest absolute Gasteiger partial charge is 0.493 e. The summed E-state index contributed by atoms with van der Waals surface area (Å²) in [4.78, 5) is 12.4. The highest BCUT2D eigenvalue weighted by Crippen LogP contribution is 2.61. The average Bonchev–Trinajstić information content (AvgIpc) is 2.53. The summed E-state index contributed by atoms with van der Waals surface area (Å²) in [5.74, 6) is 3.76. The number of ether oxygens (including phenoxy) is 1. The molecule has 1 aromatic rings. The van der Waals surface area contributed by atoms with Crippen LogP contribution in [0.1, 0.15) is 57.4 Å². The molecule has 4 saturated carbocycles. The smallest absolute Gasteiger partial charge is 0.223 e. The second kappa shape index (κ2) is 6.66. The maximum atomic E-state index is 12.4. The van der Waals surface area contributed by atoms with E-state index in [1.165, 1.54) is 44.1 Å². The Morgan fingerprint density at radius 1 is 1.20 bits per heavy atom. The quantitative estimate of drug-likeness (QED) is 0.828. The zero-order valence-corrected chi connectivity index (χ0v) is 15.6. The van der Waals surface area contributed by atoms with E-state index in [0.717, 1.165) is 23.5 Å². The fraction of sp³-hybridized carbons (Fsp3) is 0.682. The molecule has 4 aliphatic rings. The van der Waals surface area contributed by atoms with Gasteiger partial charge in [-0.15, -0.1) is 0 Å². The molecule has 1 atom stereocenters. The van der Waals surface area contributed by atoms with E-state index in [9.17, 15) is 4.79 Å². The van der Waals surface area contributed by atoms with E-state index in [-0.39, 0.29) is 5.91 Å². The number of rotatable bonds is 6. The number of benzene rings is 1. The number of aryl methyl sites for hydroxylation is 1. The molecule has 0 radical (unpaired) electrons. The molecule has 0 aliphatic heterocycles. The Labute approximate surface area is 151 Å². The van der Waals surface area contributed by atoms with E-state index in [0.29, 0.717) is 24.5 Å². The molecule has 1 amide bonds. The van der Waals surface area contributed by atoms with Crippen LogP contribution < -0.4 is 10.1 Å². The summed E-state index contributed by atoms with van der Waals surface area (Å²) < 4.78 is 5.73. The van der Waals surface area contributed by atoms with Gasteiger partial charge in [0.1, 0.15) is 5.75 Å². The van der Waals surface area contributed by atoms with Crippen molar-refractivity contribution in [1.82, 2.24) is 5.32 Å². The maximum absolute atomic E-state index is 12.4. The highest BCUT2D eigenvalue weighted by atomic mass is 16.5. The van der Waals surface area contributed by atoms with E-state index < -0.39 is 0 Å². The first-order valence-electron chi connectivity index (χ1n) is 10.0. The number of amides is 1. The van der Waals surface area contributed by atoms with Crippen molar-refractivity contribution >= 4 is 5.91 Å². The van der Waals surface area contributed by atoms with E-state index in [1.54, 1.807) is 0 Å². The lowest BCUT2D eigenvalue weighted by atomic mass is 9.48. The molecule has 0 saturated heterocycles. The van der Waals surface area contributed by atoms with Crippen LogP contribution >= 0.6 is 0 Å². The molecular weight excluding hydrogens is 310 g/mol. The molecule has 4 fully saturated rings. The first-order chi connectivity index (χ1) is 12.0. The van der Waals surface area contributed by atoms with Crippen molar-refractivity contribution in [3.8, 4) is 5.75 Å². The van der Waals surface area contributed by atoms with E-state index in [2.05, 4.69) is 12.2 Å². The lowest BCUT2D eigenvalue weighted by Gasteiger charge is -2.59. The number of hydrogen-bond donors (Lipinski definition) is 1. The highest BCUT2D eigenvalue weighted by molar-refractivity contribution is 5.76. The monoisotopic (exact) mass is 341 g/mol. The van der Waals surface area contributed by atoms with Gasteiger partial charge in [-0.05, 0) is 93.2 Å². The van der Waals surface area contributed by atoms with Crippen molar-refractivity contribution in [3.05, 3.63) is 29.8 Å². The molecule has 0 spiro atoms. The van der Waals surface area contributed by atoms with Gasteiger partial charge in [-0.3, -0.25) is 4.79 Å². The minimum atomic E-state index is 0.135. The fourth-order valence-corrected chi connectivity index (χ4v) is 6.14. The summed E-state index contributed by atoms with van der Waals surface area (Å²) in [6, 6.07) is 8.29. The van der Waals surface area contributed by atoms with Crippen LogP contribution in [0.2, 0.25) is 0 Å². The number of hydrogen-bond acceptors (Lipinski definition) is 2. The Morgan fingerprint density at radius 2 is 1.84 bits per heavy atom. The maximum Gasteiger partial charge on any atom is 0.223 e. The summed E-state index contributed by atoms with van der Waals surface area (Å²) in [6.45, 7) is 4.74. The Kier molecular flexibility index (Phi) is 4.51. The van der Waals surface area contributed by atoms with Gasteiger partial charge < -0.3 is 10.1 Å². The molecule has 4 bridgehead atoms. The number of carbonyl (C=O) groups excluding carboxylic acids is 1. The molecule has 3 heteroatoms. The lowest BCUT2D eigenvalue weighted by molar-refractivity contribution is -0.126. The van der Waals surface area contributed by atoms with Gasteiger partial charge in [-0.1, -0.05) is 12.1 Å². The fourth-order valence-electron chi connectivity index (χ4n) is 6.14. The molecule has 136 valence electrons. The van der Waals surface area contributed by atoms with Gasteiger partial charge in [0.15, 0.2) is 0 Å². The number of nitrogens with one attached hydrogen (secondary N) is 1. The highest BCUT2D eigenvalue weighted by Gasteiger charge is 2.53. The van der Waals surface area contributed by atoms with Crippen molar-refractivity contribution < 1.29 is 9.53 Å². The summed E-state index contributed by atoms with van der Waals surface area (Å²) >= 11 is 0. The van der Waals surface area contributed by atoms with Crippen LogP contribution in [0.3, 0.4) is 0 Å². The average molecular weight is 341 g/mol. The predicted octanol–water partition coefficient (Wildman–Crippen LogP) is 4.49. The molecule has 25 heavy (non-hydrogen) atoms. The predicted molar refractivity (Wildman–Crippen MR) is 99.5 cm³/mol. The van der Waals surface area contributed by atoms with Crippen LogP contribution in [-0.4, -0.2) is 18.6 Å². The van der Waals surface area contributed by atoms with Crippen molar-refractivity contribution in [2.24, 2.45) is 23.2 Å². The zero-order valence-electron chi connectivity index (χ0n) is 15.6. The van der Waals surface area contributed by atoms with Gasteiger partial charge in [0, 0.05) is 6.04 Å². The zero-order chi connectivity index (χ0) is 17.4. The van der Waals surface area contributed by atoms with Gasteiger partial charge >= 0.3 is 0 Å². The lowest BCUT2D eigenvalue weighted by Crippen LogP contribution is -2.55. The standard InChI is InChI=1S/C22H31NO2/c1-15-4-3-5-20(8-15)25-7-6-21(24)23-16(2)22-12-17-9-18(13-22)11-19(10-17)14-22/h3-5,8,16-19H,6-7,9-14H2,1-2H3,(H,23,24). The molecule has 5 rings (SSSR count). The van der Waals surface area contributed by atoms with Crippen LogP contribution in [0.15, 0.2) is 24.3 Å². The van der Waals surface area contributed by atoms with Crippen molar-refractivity contribution in [2.45, 2.75) is 64.8 Å². The van der Waals surface area contributed by atoms with E-state index >= 15 is 0 Å². The van der Waals surface area contributed by atoms with Gasteiger partial charge in [0.25, 0.3) is 0 Å². The van der Waals surface area contributed by atoms with E-state index in [1.807, 2.05) is 31.2 Å². The van der Waals surface area contributed by atoms with Crippen molar-refractivity contribution in [1.29, 1.82) is 0 Å². The van der Waals surface area contributed by atoms with Crippen molar-refractivity contribution in [2.75, 3.05) is 6.61 Å². The molecule has 3 nitrogen and oxygen atoms in total. The topological polar surface area (TPSA) is 38.3 Å². The molecular formula is C22H31NO2. The molecule has 0 aromatic heterocycles. The van der Waals surface area contributed by atoms with Gasteiger partial charge in [-0.2, -0.15) is 0 Å². The van der Waals surface area contributed by atoms with Gasteiger partial charge in [0.2, 0.25) is 5.91 Å². The van der Waals surface area contributed by atoms with Crippen molar-refractivity contribution in [3.63, 3.8) is 0 Å². The summed E-state index contributed by atoms with van der Waals surface area (Å²) in [6.07, 6.45) is 8.78. The summed E-state index contributed by atoms with van der Waals surface area (Å²) in [5, 5.41) is 3.32. The minimum absolute atomic E-state index is 0.135. The van der Waals surface area contributed by atoms with Crippen LogP contribution in [0.25, 0.3) is 0 Å². The second-order valence-electron chi connectivity index (χ2n) is 8.98. The van der Waals surface area contributed by atoms with Gasteiger partial charge in [0.05, 0.1) is 13.0 Å². The minimum Gasteiger partial charge on any atom is -0.493 e. The van der Waals surface area contributed by atoms with Crippen LogP contribution in [0, 0.1) is 30.1 Å². The third-order valence-electron chi connectivity index (χ3n) is 6.97. The number of carbonyl (C=O) groups is 1. The van der Waals surface area contributed by atoms with Crippen LogP contribution in [-0.2, 0) is 4.79 Å². The Bertz CT molecular complexity index is 603. The molecule has 1 aromatic carbocycles. The SMILES string of the molecule is Cc1cccc(OCCC(=O)NC(C)C23CC4CC(CC(C4)C2)C3)c1. The Balaban J connectivity index is 1.28. The Morgan fingerprint density at radius 3 is 2.44 bits per heavy atom. The van der Waals surface area contributed by atoms with Gasteiger partial charge in [-0.25, -0.2) is 0 Å². The first-order valence-corrected chi connectivity index (χ1v) is 10.0. The normalized spacial score (nSPS) is 33.9. The van der Waals surface area contributed by atoms with Crippen LogP contribution in [0.5, 0.6) is 5.75 Å². The second-order valence-corrected chi connectivity index (χ2v) is 8.98. The molecule has 1 unspecified atom stereocenters. The third kappa shape index (κ3) is 3.56. The van der Waals surface area contributed by atoms with Crippen LogP contribution in [0.4, 0.5) is 0 Å².